The topological polar surface area (TPSA) is 47.1 Å². The number of piperidine rings is 1. The number of benzene rings is 1. The number of nitrogens with two attached hydrogens (primary N) is 1. The number of imidazole rings is 1. The van der Waals surface area contributed by atoms with Crippen molar-refractivity contribution in [2.24, 2.45) is 0 Å². The molecule has 0 amide bonds. The maximum Gasteiger partial charge on any atom is 0.201 e. The van der Waals surface area contributed by atoms with Gasteiger partial charge in [0, 0.05) is 18.7 Å². The molecule has 0 saturated carbocycles. The van der Waals surface area contributed by atoms with Crippen LogP contribution in [0.25, 0.3) is 11.0 Å². The van der Waals surface area contributed by atoms with E-state index in [1.165, 1.54) is 6.07 Å². The molecule has 6 heteroatoms. The third-order valence-corrected chi connectivity index (χ3v) is 4.34. The minimum absolute atomic E-state index is 0.0842. The average molecular weight is 297 g/mol. The van der Waals surface area contributed by atoms with E-state index >= 15 is 0 Å². The zero-order valence-electron chi connectivity index (χ0n) is 11.4. The van der Waals surface area contributed by atoms with Crippen LogP contribution in [0.4, 0.5) is 10.3 Å². The molecule has 1 fully saturated rings. The molecule has 1 unspecified atom stereocenters. The molecular formula is C14H18ClFN4. The van der Waals surface area contributed by atoms with Crippen LogP contribution in [0.5, 0.6) is 0 Å². The molecule has 1 aliphatic heterocycles. The lowest BCUT2D eigenvalue weighted by Gasteiger charge is -2.33. The van der Waals surface area contributed by atoms with Crippen molar-refractivity contribution in [3.63, 3.8) is 0 Å². The molecule has 20 heavy (non-hydrogen) atoms. The van der Waals surface area contributed by atoms with Crippen LogP contribution in [-0.4, -0.2) is 34.1 Å². The van der Waals surface area contributed by atoms with E-state index in [4.69, 9.17) is 17.3 Å². The third-order valence-electron chi connectivity index (χ3n) is 4.05. The van der Waals surface area contributed by atoms with E-state index in [1.54, 1.807) is 6.07 Å². The highest BCUT2D eigenvalue weighted by Crippen LogP contribution is 2.31. The van der Waals surface area contributed by atoms with Gasteiger partial charge in [-0.1, -0.05) is 18.5 Å². The number of rotatable bonds is 2. The van der Waals surface area contributed by atoms with E-state index in [0.29, 0.717) is 11.5 Å². The van der Waals surface area contributed by atoms with E-state index in [9.17, 15) is 4.39 Å². The van der Waals surface area contributed by atoms with Crippen molar-refractivity contribution < 1.29 is 4.39 Å². The van der Waals surface area contributed by atoms with E-state index in [0.717, 1.165) is 38.0 Å². The molecule has 0 spiro atoms. The van der Waals surface area contributed by atoms with Gasteiger partial charge in [0.1, 0.15) is 5.82 Å². The molecule has 2 aromatic rings. The lowest BCUT2D eigenvalue weighted by Crippen LogP contribution is -2.36. The minimum atomic E-state index is -0.427. The second kappa shape index (κ2) is 5.22. The predicted molar refractivity (Wildman–Crippen MR) is 79.5 cm³/mol. The number of aromatic nitrogens is 2. The van der Waals surface area contributed by atoms with Gasteiger partial charge in [-0.2, -0.15) is 0 Å². The van der Waals surface area contributed by atoms with Crippen molar-refractivity contribution in [1.29, 1.82) is 0 Å². The largest absolute Gasteiger partial charge is 0.369 e. The van der Waals surface area contributed by atoms with E-state index < -0.39 is 5.82 Å². The summed E-state index contributed by atoms with van der Waals surface area (Å²) in [5.41, 5.74) is 7.42. The number of halogens is 2. The van der Waals surface area contributed by atoms with Crippen molar-refractivity contribution in [3.05, 3.63) is 23.0 Å². The molecule has 3 rings (SSSR count). The number of likely N-dealkylation sites (tertiary alicyclic amines) is 1. The molecule has 1 aromatic heterocycles. The van der Waals surface area contributed by atoms with Gasteiger partial charge in [0.05, 0.1) is 16.1 Å². The van der Waals surface area contributed by atoms with E-state index in [2.05, 4.69) is 16.8 Å². The summed E-state index contributed by atoms with van der Waals surface area (Å²) in [5, 5.41) is 0.0842. The Morgan fingerprint density at radius 1 is 1.50 bits per heavy atom. The zero-order chi connectivity index (χ0) is 14.3. The summed E-state index contributed by atoms with van der Waals surface area (Å²) in [5.74, 6) is 0.00749. The summed E-state index contributed by atoms with van der Waals surface area (Å²) in [6, 6.07) is 3.22. The van der Waals surface area contributed by atoms with Crippen molar-refractivity contribution in [3.8, 4) is 0 Å². The summed E-state index contributed by atoms with van der Waals surface area (Å²) < 4.78 is 15.7. The van der Waals surface area contributed by atoms with Crippen LogP contribution < -0.4 is 5.73 Å². The first-order valence-electron chi connectivity index (χ1n) is 6.95. The first-order chi connectivity index (χ1) is 9.60. The van der Waals surface area contributed by atoms with Crippen molar-refractivity contribution >= 4 is 28.6 Å². The van der Waals surface area contributed by atoms with Crippen LogP contribution in [0, 0.1) is 5.82 Å². The molecule has 1 saturated heterocycles. The fraction of sp³-hybridized carbons (Fsp3) is 0.500. The van der Waals surface area contributed by atoms with Gasteiger partial charge in [0.15, 0.2) is 0 Å². The Labute approximate surface area is 122 Å². The second-order valence-corrected chi connectivity index (χ2v) is 5.69. The lowest BCUT2D eigenvalue weighted by atomic mass is 10.1. The van der Waals surface area contributed by atoms with Gasteiger partial charge < -0.3 is 15.2 Å². The third kappa shape index (κ3) is 2.25. The van der Waals surface area contributed by atoms with E-state index in [-0.39, 0.29) is 11.1 Å². The van der Waals surface area contributed by atoms with Gasteiger partial charge in [0.2, 0.25) is 5.95 Å². The summed E-state index contributed by atoms with van der Waals surface area (Å²) >= 11 is 5.81. The Kier molecular flexibility index (Phi) is 3.56. The zero-order valence-corrected chi connectivity index (χ0v) is 12.2. The number of nitrogen functional groups attached to an aromatic ring is 1. The molecule has 108 valence electrons. The number of hydrogen-bond donors (Lipinski definition) is 1. The van der Waals surface area contributed by atoms with Crippen LogP contribution in [0.15, 0.2) is 12.1 Å². The maximum atomic E-state index is 13.7. The number of nitrogens with zero attached hydrogens (tertiary/aromatic N) is 3. The Hall–Kier alpha value is -1.33. The van der Waals surface area contributed by atoms with Gasteiger partial charge in [-0.15, -0.1) is 0 Å². The first kappa shape index (κ1) is 13.6. The molecule has 0 aliphatic carbocycles. The number of anilines is 1. The summed E-state index contributed by atoms with van der Waals surface area (Å²) in [7, 11) is 0. The van der Waals surface area contributed by atoms with Crippen molar-refractivity contribution in [2.75, 3.05) is 25.4 Å². The summed E-state index contributed by atoms with van der Waals surface area (Å²) in [6.45, 7) is 5.20. The Morgan fingerprint density at radius 2 is 2.30 bits per heavy atom. The standard InChI is InChI=1S/C14H18ClFN4/c1-2-19-5-3-4-9(8-19)20-13-7-11(16)10(15)6-12(13)18-14(20)17/h6-7,9H,2-5,8H2,1H3,(H2,17,18). The van der Waals surface area contributed by atoms with Crippen LogP contribution in [0.3, 0.4) is 0 Å². The quantitative estimate of drug-likeness (QED) is 0.926. The highest BCUT2D eigenvalue weighted by Gasteiger charge is 2.24. The summed E-state index contributed by atoms with van der Waals surface area (Å²) in [4.78, 5) is 6.69. The van der Waals surface area contributed by atoms with Gasteiger partial charge in [-0.05, 0) is 32.0 Å². The van der Waals surface area contributed by atoms with Gasteiger partial charge >= 0.3 is 0 Å². The SMILES string of the molecule is CCN1CCCC(n2c(N)nc3cc(Cl)c(F)cc32)C1. The van der Waals surface area contributed by atoms with Gasteiger partial charge in [-0.3, -0.25) is 0 Å². The fourth-order valence-electron chi connectivity index (χ4n) is 3.02. The van der Waals surface area contributed by atoms with Crippen molar-refractivity contribution in [1.82, 2.24) is 14.5 Å². The van der Waals surface area contributed by atoms with Crippen LogP contribution in [0.2, 0.25) is 5.02 Å². The molecule has 2 heterocycles. The molecule has 2 N–H and O–H groups in total. The van der Waals surface area contributed by atoms with Gasteiger partial charge in [0.25, 0.3) is 0 Å². The van der Waals surface area contributed by atoms with Crippen LogP contribution in [-0.2, 0) is 0 Å². The molecule has 4 nitrogen and oxygen atoms in total. The van der Waals surface area contributed by atoms with Crippen LogP contribution >= 0.6 is 11.6 Å². The smallest absolute Gasteiger partial charge is 0.201 e. The first-order valence-corrected chi connectivity index (χ1v) is 7.32. The molecule has 1 atom stereocenters. The molecule has 0 radical (unpaired) electrons. The number of hydrogen-bond acceptors (Lipinski definition) is 3. The second-order valence-electron chi connectivity index (χ2n) is 5.28. The monoisotopic (exact) mass is 296 g/mol. The summed E-state index contributed by atoms with van der Waals surface area (Å²) in [6.07, 6.45) is 2.16. The molecule has 1 aliphatic rings. The predicted octanol–water partition coefficient (Wildman–Crippen LogP) is 3.07. The normalized spacial score (nSPS) is 20.6. The highest BCUT2D eigenvalue weighted by molar-refractivity contribution is 6.31. The number of likely N-dealkylation sites (N-methyl/N-ethyl adjacent to an activating group) is 1. The Balaban J connectivity index is 2.06. The minimum Gasteiger partial charge on any atom is -0.369 e. The maximum absolute atomic E-state index is 13.7. The Morgan fingerprint density at radius 3 is 3.05 bits per heavy atom. The number of fused-ring (bicyclic) bond motifs is 1. The Bertz CT molecular complexity index is 640. The molecule has 1 aromatic carbocycles. The van der Waals surface area contributed by atoms with E-state index in [1.807, 2.05) is 4.57 Å². The van der Waals surface area contributed by atoms with Gasteiger partial charge in [-0.25, -0.2) is 9.37 Å². The van der Waals surface area contributed by atoms with Crippen molar-refractivity contribution in [2.45, 2.75) is 25.8 Å². The lowest BCUT2D eigenvalue weighted by molar-refractivity contribution is 0.188. The molecule has 0 bridgehead atoms. The fourth-order valence-corrected chi connectivity index (χ4v) is 3.18. The van der Waals surface area contributed by atoms with Crippen LogP contribution in [0.1, 0.15) is 25.8 Å². The average Bonchev–Trinajstić information content (AvgIpc) is 2.74. The molecular weight excluding hydrogens is 279 g/mol. The highest BCUT2D eigenvalue weighted by atomic mass is 35.5.